The molecule has 0 fully saturated rings. The molecular formula is C32H27N3O5S2. The van der Waals surface area contributed by atoms with Gasteiger partial charge in [0, 0.05) is 32.5 Å². The lowest BCUT2D eigenvalue weighted by molar-refractivity contribution is -0.115. The summed E-state index contributed by atoms with van der Waals surface area (Å²) in [5.74, 6) is -0.921. The second-order valence-corrected chi connectivity index (χ2v) is 11.4. The summed E-state index contributed by atoms with van der Waals surface area (Å²) in [6.45, 7) is 1.94. The highest BCUT2D eigenvalue weighted by Gasteiger charge is 2.21. The zero-order valence-corrected chi connectivity index (χ0v) is 24.4. The number of nitrogens with zero attached hydrogens (tertiary/aromatic N) is 1. The fraction of sp³-hybridized carbons (Fsp3) is 0.125. The predicted molar refractivity (Wildman–Crippen MR) is 168 cm³/mol. The molecule has 0 saturated heterocycles. The summed E-state index contributed by atoms with van der Waals surface area (Å²) >= 11 is 2.75. The van der Waals surface area contributed by atoms with Crippen LogP contribution in [0.3, 0.4) is 0 Å². The first-order valence-electron chi connectivity index (χ1n) is 13.1. The highest BCUT2D eigenvalue weighted by molar-refractivity contribution is 8.00. The van der Waals surface area contributed by atoms with Crippen molar-refractivity contribution in [3.05, 3.63) is 101 Å². The first kappa shape index (κ1) is 28.8. The number of thioether (sulfide) groups is 1. The Labute approximate surface area is 250 Å². The number of nitrogens with one attached hydrogen (secondary N) is 2. The summed E-state index contributed by atoms with van der Waals surface area (Å²) in [5, 5.41) is 18.5. The molecule has 2 amide bonds. The van der Waals surface area contributed by atoms with Crippen molar-refractivity contribution in [2.45, 2.75) is 23.5 Å². The third-order valence-corrected chi connectivity index (χ3v) is 8.65. The Balaban J connectivity index is 1.27. The van der Waals surface area contributed by atoms with Gasteiger partial charge in [-0.2, -0.15) is 0 Å². The maximum Gasteiger partial charge on any atom is 0.336 e. The molecule has 0 spiro atoms. The number of carboxylic acid groups (broad SMARTS) is 1. The number of fused-ring (bicyclic) bond motifs is 1. The van der Waals surface area contributed by atoms with Crippen LogP contribution >= 0.6 is 23.1 Å². The van der Waals surface area contributed by atoms with Gasteiger partial charge in [-0.3, -0.25) is 9.59 Å². The van der Waals surface area contributed by atoms with Crippen LogP contribution in [0.5, 0.6) is 5.75 Å². The van der Waals surface area contributed by atoms with Gasteiger partial charge in [0.25, 0.3) is 5.91 Å². The van der Waals surface area contributed by atoms with Crippen LogP contribution in [-0.4, -0.2) is 40.2 Å². The van der Waals surface area contributed by atoms with Gasteiger partial charge in [0.1, 0.15) is 5.75 Å². The van der Waals surface area contributed by atoms with Gasteiger partial charge >= 0.3 is 5.97 Å². The lowest BCUT2D eigenvalue weighted by Crippen LogP contribution is -2.24. The normalized spacial score (nSPS) is 11.6. The fourth-order valence-corrected chi connectivity index (χ4v) is 6.19. The average Bonchev–Trinajstić information content (AvgIpc) is 3.47. The number of methoxy groups -OCH3 is 1. The Kier molecular flexibility index (Phi) is 8.85. The summed E-state index contributed by atoms with van der Waals surface area (Å²) in [6, 6.07) is 24.8. The minimum Gasteiger partial charge on any atom is -0.497 e. The molecule has 0 aliphatic rings. The quantitative estimate of drug-likeness (QED) is 0.143. The molecule has 1 aromatic heterocycles. The SMILES string of the molecule is CCC(Sc1cccc(NC(=O)c2cccc3cccc(C(=O)O)c23)c1)C(=O)Nc1nc(-c2ccc(OC)cc2)cs1. The molecule has 1 unspecified atom stereocenters. The fourth-order valence-electron chi connectivity index (χ4n) is 4.45. The van der Waals surface area contributed by atoms with Crippen molar-refractivity contribution >= 4 is 62.5 Å². The number of anilines is 2. The zero-order valence-electron chi connectivity index (χ0n) is 22.8. The van der Waals surface area contributed by atoms with Gasteiger partial charge in [0.15, 0.2) is 5.13 Å². The summed E-state index contributed by atoms with van der Waals surface area (Å²) < 4.78 is 5.21. The Morgan fingerprint density at radius 2 is 1.67 bits per heavy atom. The Hall–Kier alpha value is -4.67. The number of rotatable bonds is 10. The van der Waals surface area contributed by atoms with Gasteiger partial charge in [-0.15, -0.1) is 23.1 Å². The topological polar surface area (TPSA) is 118 Å². The van der Waals surface area contributed by atoms with E-state index in [2.05, 4.69) is 15.6 Å². The van der Waals surface area contributed by atoms with E-state index in [9.17, 15) is 19.5 Å². The van der Waals surface area contributed by atoms with Gasteiger partial charge < -0.3 is 20.5 Å². The Morgan fingerprint density at radius 1 is 0.952 bits per heavy atom. The number of hydrogen-bond acceptors (Lipinski definition) is 7. The molecule has 0 aliphatic heterocycles. The van der Waals surface area contributed by atoms with Crippen molar-refractivity contribution in [1.82, 2.24) is 4.98 Å². The zero-order chi connectivity index (χ0) is 29.6. The van der Waals surface area contributed by atoms with Crippen LogP contribution in [0.15, 0.2) is 95.2 Å². The molecule has 212 valence electrons. The average molecular weight is 598 g/mol. The number of amides is 2. The lowest BCUT2D eigenvalue weighted by Gasteiger charge is -2.15. The number of carbonyl (C=O) groups is 3. The van der Waals surface area contributed by atoms with E-state index < -0.39 is 11.9 Å². The van der Waals surface area contributed by atoms with Crippen molar-refractivity contribution in [2.75, 3.05) is 17.7 Å². The van der Waals surface area contributed by atoms with Gasteiger partial charge in [0.2, 0.25) is 5.91 Å². The maximum absolute atomic E-state index is 13.3. The molecule has 1 heterocycles. The molecule has 0 bridgehead atoms. The molecule has 0 aliphatic carbocycles. The Bertz CT molecular complexity index is 1760. The molecule has 1 atom stereocenters. The van der Waals surface area contributed by atoms with E-state index in [4.69, 9.17) is 4.74 Å². The van der Waals surface area contributed by atoms with Gasteiger partial charge in [-0.25, -0.2) is 9.78 Å². The van der Waals surface area contributed by atoms with E-state index in [1.165, 1.54) is 29.2 Å². The summed E-state index contributed by atoms with van der Waals surface area (Å²) in [7, 11) is 1.62. The van der Waals surface area contributed by atoms with Crippen LogP contribution < -0.4 is 15.4 Å². The number of carbonyl (C=O) groups excluding carboxylic acids is 2. The third-order valence-electron chi connectivity index (χ3n) is 6.53. The van der Waals surface area contributed by atoms with Crippen LogP contribution in [0.25, 0.3) is 22.0 Å². The van der Waals surface area contributed by atoms with Crippen molar-refractivity contribution in [3.8, 4) is 17.0 Å². The Morgan fingerprint density at radius 3 is 2.36 bits per heavy atom. The second kappa shape index (κ2) is 12.9. The van der Waals surface area contributed by atoms with Crippen LogP contribution in [0.2, 0.25) is 0 Å². The van der Waals surface area contributed by atoms with E-state index in [-0.39, 0.29) is 22.3 Å². The van der Waals surface area contributed by atoms with E-state index in [0.29, 0.717) is 28.0 Å². The number of hydrogen-bond donors (Lipinski definition) is 3. The highest BCUT2D eigenvalue weighted by Crippen LogP contribution is 2.31. The van der Waals surface area contributed by atoms with Crippen molar-refractivity contribution in [2.24, 2.45) is 0 Å². The van der Waals surface area contributed by atoms with Crippen molar-refractivity contribution in [3.63, 3.8) is 0 Å². The van der Waals surface area contributed by atoms with Crippen LogP contribution in [0, 0.1) is 0 Å². The standard InChI is InChI=1S/C32H27N3O5S2/c1-3-27(30(37)35-32-34-26(18-41-32)19-13-15-22(40-2)16-14-19)42-23-10-6-9-21(17-23)33-29(36)24-11-4-7-20-8-5-12-25(28(20)24)31(38)39/h4-18,27H,3H2,1-2H3,(H,33,36)(H,38,39)(H,34,35,37). The molecule has 5 rings (SSSR count). The van der Waals surface area contributed by atoms with E-state index in [1.54, 1.807) is 55.6 Å². The van der Waals surface area contributed by atoms with Gasteiger partial charge in [0.05, 0.1) is 23.6 Å². The summed E-state index contributed by atoms with van der Waals surface area (Å²) in [4.78, 5) is 43.6. The first-order valence-corrected chi connectivity index (χ1v) is 14.9. The van der Waals surface area contributed by atoms with Gasteiger partial charge in [-0.05, 0) is 66.4 Å². The molecule has 8 nitrogen and oxygen atoms in total. The van der Waals surface area contributed by atoms with E-state index in [0.717, 1.165) is 21.9 Å². The van der Waals surface area contributed by atoms with Gasteiger partial charge in [-0.1, -0.05) is 37.3 Å². The molecule has 4 aromatic carbocycles. The van der Waals surface area contributed by atoms with Crippen LogP contribution in [0.4, 0.5) is 10.8 Å². The minimum absolute atomic E-state index is 0.0655. The summed E-state index contributed by atoms with van der Waals surface area (Å²) in [5.41, 5.74) is 2.57. The first-order chi connectivity index (χ1) is 20.4. The molecule has 42 heavy (non-hydrogen) atoms. The molecule has 10 heteroatoms. The number of thiazole rings is 1. The van der Waals surface area contributed by atoms with Crippen molar-refractivity contribution < 1.29 is 24.2 Å². The maximum atomic E-state index is 13.3. The highest BCUT2D eigenvalue weighted by atomic mass is 32.2. The second-order valence-electron chi connectivity index (χ2n) is 9.27. The molecule has 0 saturated carbocycles. The third kappa shape index (κ3) is 6.45. The molecule has 0 radical (unpaired) electrons. The molecular weight excluding hydrogens is 571 g/mol. The number of benzene rings is 4. The molecule has 3 N–H and O–H groups in total. The predicted octanol–water partition coefficient (Wildman–Crippen LogP) is 7.43. The molecule has 5 aromatic rings. The number of carboxylic acids is 1. The van der Waals surface area contributed by atoms with Crippen molar-refractivity contribution in [1.29, 1.82) is 0 Å². The number of ether oxygens (including phenoxy) is 1. The lowest BCUT2D eigenvalue weighted by atomic mass is 9.98. The van der Waals surface area contributed by atoms with Crippen LogP contribution in [-0.2, 0) is 4.79 Å². The van der Waals surface area contributed by atoms with E-state index >= 15 is 0 Å². The monoisotopic (exact) mass is 597 g/mol. The smallest absolute Gasteiger partial charge is 0.336 e. The summed E-state index contributed by atoms with van der Waals surface area (Å²) in [6.07, 6.45) is 0.581. The number of aromatic carboxylic acids is 1. The van der Waals surface area contributed by atoms with Crippen LogP contribution in [0.1, 0.15) is 34.1 Å². The minimum atomic E-state index is -1.10. The largest absolute Gasteiger partial charge is 0.497 e. The number of aromatic nitrogens is 1. The van der Waals surface area contributed by atoms with E-state index in [1.807, 2.05) is 42.6 Å².